The van der Waals surface area contributed by atoms with Crippen molar-refractivity contribution in [2.75, 3.05) is 7.11 Å². The molecule has 0 saturated heterocycles. The fourth-order valence-corrected chi connectivity index (χ4v) is 2.12. The third-order valence-corrected chi connectivity index (χ3v) is 3.28. The lowest BCUT2D eigenvalue weighted by Crippen LogP contribution is -1.87. The fourth-order valence-electron chi connectivity index (χ4n) is 2.12. The Morgan fingerprint density at radius 2 is 1.19 bits per heavy atom. The Bertz CT molecular complexity index is 339. The van der Waals surface area contributed by atoms with E-state index in [9.17, 15) is 10.1 Å². The first-order chi connectivity index (χ1) is 10.2. The van der Waals surface area contributed by atoms with Gasteiger partial charge >= 0.3 is 0 Å². The minimum atomic E-state index is -0.445. The van der Waals surface area contributed by atoms with E-state index in [2.05, 4.69) is 0 Å². The highest BCUT2D eigenvalue weighted by Crippen LogP contribution is 2.16. The summed E-state index contributed by atoms with van der Waals surface area (Å²) in [5.41, 5.74) is 0.0748. The maximum absolute atomic E-state index is 10.2. The smallest absolute Gasteiger partial charge is 0.269 e. The maximum atomic E-state index is 10.2. The second kappa shape index (κ2) is 13.4. The maximum Gasteiger partial charge on any atom is 0.269 e. The van der Waals surface area contributed by atoms with Crippen LogP contribution < -0.4 is 4.74 Å². The summed E-state index contributed by atoms with van der Waals surface area (Å²) < 4.78 is 4.83. The standard InChI is InChI=1S/C8H16.C7H7NO3.C2H6/c1-2-4-6-8-7-5-3-1;1-11-7-4-2-6(3-5-7)8(9)10;1-2/h1-8H2;2-5H,1H3;1-2H3. The third-order valence-electron chi connectivity index (χ3n) is 3.28. The molecule has 0 radical (unpaired) electrons. The molecule has 0 spiro atoms. The second-order valence-corrected chi connectivity index (χ2v) is 4.78. The van der Waals surface area contributed by atoms with Gasteiger partial charge in [0.25, 0.3) is 5.69 Å². The predicted octanol–water partition coefficient (Wildman–Crippen LogP) is 5.75. The molecule has 1 aliphatic rings. The molecule has 1 aliphatic carbocycles. The number of non-ortho nitro benzene ring substituents is 1. The first-order valence-corrected chi connectivity index (χ1v) is 8.02. The van der Waals surface area contributed by atoms with Gasteiger partial charge in [-0.2, -0.15) is 0 Å². The molecule has 21 heavy (non-hydrogen) atoms. The van der Waals surface area contributed by atoms with Crippen molar-refractivity contribution in [3.8, 4) is 5.75 Å². The quantitative estimate of drug-likeness (QED) is 0.515. The zero-order valence-electron chi connectivity index (χ0n) is 13.6. The molecule has 2 rings (SSSR count). The molecule has 0 heterocycles. The van der Waals surface area contributed by atoms with Gasteiger partial charge in [-0.25, -0.2) is 0 Å². The van der Waals surface area contributed by atoms with Crippen molar-refractivity contribution in [2.45, 2.75) is 65.2 Å². The average Bonchev–Trinajstić information content (AvgIpc) is 2.49. The molecule has 0 aromatic heterocycles. The van der Waals surface area contributed by atoms with Crippen molar-refractivity contribution in [2.24, 2.45) is 0 Å². The van der Waals surface area contributed by atoms with E-state index < -0.39 is 4.92 Å². The molecule has 1 aromatic rings. The summed E-state index contributed by atoms with van der Waals surface area (Å²) in [7, 11) is 1.52. The molecule has 4 heteroatoms. The van der Waals surface area contributed by atoms with E-state index in [1.165, 1.54) is 70.6 Å². The molecule has 0 amide bonds. The van der Waals surface area contributed by atoms with Crippen molar-refractivity contribution in [3.05, 3.63) is 34.4 Å². The normalized spacial score (nSPS) is 14.2. The highest BCUT2D eigenvalue weighted by Gasteiger charge is 2.02. The van der Waals surface area contributed by atoms with Crippen molar-refractivity contribution in [1.29, 1.82) is 0 Å². The number of ether oxygens (including phenoxy) is 1. The first kappa shape index (κ1) is 19.4. The molecule has 0 N–H and O–H groups in total. The van der Waals surface area contributed by atoms with E-state index in [0.717, 1.165) is 0 Å². The monoisotopic (exact) mass is 295 g/mol. The van der Waals surface area contributed by atoms with Crippen LogP contribution in [0, 0.1) is 10.1 Å². The van der Waals surface area contributed by atoms with Gasteiger partial charge in [-0.15, -0.1) is 0 Å². The number of nitro groups is 1. The highest BCUT2D eigenvalue weighted by molar-refractivity contribution is 5.35. The van der Waals surface area contributed by atoms with E-state index >= 15 is 0 Å². The van der Waals surface area contributed by atoms with Crippen LogP contribution >= 0.6 is 0 Å². The summed E-state index contributed by atoms with van der Waals surface area (Å²) in [6, 6.07) is 5.91. The summed E-state index contributed by atoms with van der Waals surface area (Å²) in [4.78, 5) is 9.72. The van der Waals surface area contributed by atoms with Crippen LogP contribution in [0.25, 0.3) is 0 Å². The Morgan fingerprint density at radius 3 is 1.43 bits per heavy atom. The SMILES string of the molecule is C1CCCCCCC1.CC.COc1ccc([N+](=O)[O-])cc1. The molecule has 0 aliphatic heterocycles. The van der Waals surface area contributed by atoms with Gasteiger partial charge in [-0.3, -0.25) is 10.1 Å². The topological polar surface area (TPSA) is 52.4 Å². The van der Waals surface area contributed by atoms with Crippen LogP contribution in [0.5, 0.6) is 5.75 Å². The van der Waals surface area contributed by atoms with Crippen LogP contribution in [0.15, 0.2) is 24.3 Å². The van der Waals surface area contributed by atoms with E-state index in [1.54, 1.807) is 12.1 Å². The molecule has 0 bridgehead atoms. The molecule has 1 aromatic carbocycles. The van der Waals surface area contributed by atoms with E-state index in [0.29, 0.717) is 5.75 Å². The highest BCUT2D eigenvalue weighted by atomic mass is 16.6. The Morgan fingerprint density at radius 1 is 0.857 bits per heavy atom. The van der Waals surface area contributed by atoms with Crippen molar-refractivity contribution >= 4 is 5.69 Å². The molecular weight excluding hydrogens is 266 g/mol. The minimum Gasteiger partial charge on any atom is -0.497 e. The van der Waals surface area contributed by atoms with Gasteiger partial charge in [0.2, 0.25) is 0 Å². The molecule has 0 atom stereocenters. The van der Waals surface area contributed by atoms with Gasteiger partial charge in [-0.1, -0.05) is 65.2 Å². The van der Waals surface area contributed by atoms with E-state index in [4.69, 9.17) is 4.74 Å². The molecule has 1 saturated carbocycles. The van der Waals surface area contributed by atoms with Crippen LogP contribution in [0.2, 0.25) is 0 Å². The van der Waals surface area contributed by atoms with Crippen LogP contribution in [0.1, 0.15) is 65.2 Å². The molecule has 4 nitrogen and oxygen atoms in total. The van der Waals surface area contributed by atoms with Gasteiger partial charge in [0.05, 0.1) is 12.0 Å². The number of nitrogens with zero attached hydrogens (tertiary/aromatic N) is 1. The molecule has 0 unspecified atom stereocenters. The lowest BCUT2D eigenvalue weighted by Gasteiger charge is -2.05. The van der Waals surface area contributed by atoms with Crippen LogP contribution in [0.4, 0.5) is 5.69 Å². The van der Waals surface area contributed by atoms with Gasteiger partial charge < -0.3 is 4.74 Å². The summed E-state index contributed by atoms with van der Waals surface area (Å²) in [6.07, 6.45) is 12.0. The van der Waals surface area contributed by atoms with E-state index in [1.807, 2.05) is 13.8 Å². The third kappa shape index (κ3) is 9.88. The van der Waals surface area contributed by atoms with Crippen LogP contribution in [0.3, 0.4) is 0 Å². The zero-order valence-corrected chi connectivity index (χ0v) is 13.6. The lowest BCUT2D eigenvalue weighted by molar-refractivity contribution is -0.384. The predicted molar refractivity (Wildman–Crippen MR) is 87.9 cm³/mol. The number of nitro benzene ring substituents is 1. The Kier molecular flexibility index (Phi) is 12.4. The fraction of sp³-hybridized carbons (Fsp3) is 0.647. The first-order valence-electron chi connectivity index (χ1n) is 8.02. The molecule has 120 valence electrons. The van der Waals surface area contributed by atoms with Gasteiger partial charge in [0, 0.05) is 12.1 Å². The number of hydrogen-bond acceptors (Lipinski definition) is 3. The number of rotatable bonds is 2. The Labute approximate surface area is 128 Å². The van der Waals surface area contributed by atoms with Gasteiger partial charge in [0.1, 0.15) is 5.75 Å². The number of benzene rings is 1. The number of methoxy groups -OCH3 is 1. The Balaban J connectivity index is 0.000000354. The summed E-state index contributed by atoms with van der Waals surface area (Å²) in [5, 5.41) is 10.2. The lowest BCUT2D eigenvalue weighted by atomic mass is 10.0. The Hall–Kier alpha value is -1.58. The largest absolute Gasteiger partial charge is 0.497 e. The van der Waals surface area contributed by atoms with Crippen molar-refractivity contribution in [3.63, 3.8) is 0 Å². The van der Waals surface area contributed by atoms with E-state index in [-0.39, 0.29) is 5.69 Å². The van der Waals surface area contributed by atoms with Gasteiger partial charge in [0.15, 0.2) is 0 Å². The molecule has 1 fully saturated rings. The summed E-state index contributed by atoms with van der Waals surface area (Å²) in [6.45, 7) is 4.00. The average molecular weight is 295 g/mol. The summed E-state index contributed by atoms with van der Waals surface area (Å²) in [5.74, 6) is 0.621. The minimum absolute atomic E-state index is 0.0748. The van der Waals surface area contributed by atoms with Crippen LogP contribution in [-0.4, -0.2) is 12.0 Å². The number of hydrogen-bond donors (Lipinski definition) is 0. The van der Waals surface area contributed by atoms with Crippen molar-refractivity contribution in [1.82, 2.24) is 0 Å². The van der Waals surface area contributed by atoms with Gasteiger partial charge in [-0.05, 0) is 12.1 Å². The second-order valence-electron chi connectivity index (χ2n) is 4.78. The van der Waals surface area contributed by atoms with Crippen LogP contribution in [-0.2, 0) is 0 Å². The zero-order chi connectivity index (χ0) is 15.9. The molecular formula is C17H29NO3. The summed E-state index contributed by atoms with van der Waals surface area (Å²) >= 11 is 0. The van der Waals surface area contributed by atoms with Crippen molar-refractivity contribution < 1.29 is 9.66 Å².